The molecular weight excluding hydrogens is 670 g/mol. The van der Waals surface area contributed by atoms with E-state index in [-0.39, 0.29) is 12.5 Å². The van der Waals surface area contributed by atoms with Gasteiger partial charge in [-0.25, -0.2) is 0 Å². The first-order valence-corrected chi connectivity index (χ1v) is 22.7. The molecule has 6 N–H and O–H groups in total. The fourth-order valence-corrected chi connectivity index (χ4v) is 7.67. The molecule has 1 fully saturated rings. The van der Waals surface area contributed by atoms with Gasteiger partial charge in [0.2, 0.25) is 5.91 Å². The number of aliphatic hydroxyl groups is 5. The highest BCUT2D eigenvalue weighted by molar-refractivity contribution is 5.73. The van der Waals surface area contributed by atoms with Gasteiger partial charge in [-0.05, 0) is 6.42 Å². The Morgan fingerprint density at radius 3 is 1.23 bits per heavy atom. The van der Waals surface area contributed by atoms with Crippen LogP contribution in [0.4, 0.5) is 0 Å². The second-order valence-corrected chi connectivity index (χ2v) is 16.3. The highest BCUT2D eigenvalue weighted by atomic mass is 16.7. The summed E-state index contributed by atoms with van der Waals surface area (Å²) in [5.41, 5.74) is 0. The Morgan fingerprint density at radius 1 is 0.566 bits per heavy atom. The van der Waals surface area contributed by atoms with E-state index in [0.29, 0.717) is 6.42 Å². The number of carbonyl (C=O) groups excluding carboxylic acids is 1. The molecule has 0 aliphatic carbocycles. The van der Waals surface area contributed by atoms with Gasteiger partial charge in [0.15, 0.2) is 6.29 Å². The van der Waals surface area contributed by atoms with Gasteiger partial charge in [-0.2, -0.15) is 0 Å². The molecule has 9 heteroatoms. The molecule has 1 heterocycles. The molecule has 0 saturated carbocycles. The molecule has 7 unspecified atom stereocenters. The maximum Gasteiger partial charge on any atom is 0.217 e. The van der Waals surface area contributed by atoms with E-state index in [1.807, 2.05) is 0 Å². The van der Waals surface area contributed by atoms with Gasteiger partial charge < -0.3 is 40.3 Å². The molecular formula is C44H87NO8. The summed E-state index contributed by atoms with van der Waals surface area (Å²) < 4.78 is 10.9. The zero-order valence-corrected chi connectivity index (χ0v) is 34.5. The Balaban J connectivity index is 1.87. The topological polar surface area (TPSA) is 149 Å². The third-order valence-corrected chi connectivity index (χ3v) is 11.2. The van der Waals surface area contributed by atoms with Crippen molar-refractivity contribution in [3.63, 3.8) is 0 Å². The van der Waals surface area contributed by atoms with Crippen molar-refractivity contribution in [2.45, 2.75) is 262 Å². The summed E-state index contributed by atoms with van der Waals surface area (Å²) in [6.45, 7) is 2.95. The van der Waals surface area contributed by atoms with E-state index < -0.39 is 49.5 Å². The van der Waals surface area contributed by atoms with Crippen molar-refractivity contribution in [2.24, 2.45) is 0 Å². The minimum Gasteiger partial charge on any atom is -0.394 e. The summed E-state index contributed by atoms with van der Waals surface area (Å²) in [7, 11) is 0. The number of rotatable bonds is 38. The quantitative estimate of drug-likeness (QED) is 0.0342. The predicted molar refractivity (Wildman–Crippen MR) is 217 cm³/mol. The SMILES string of the molecule is CCCCCCCCCCCCCCCCCCCCCCCCCCCCCCCCCC(O)C(COC1OC(CO)C(O)C(O)C1O)NC(C)=O. The Labute approximate surface area is 325 Å². The van der Waals surface area contributed by atoms with E-state index >= 15 is 0 Å². The Bertz CT molecular complexity index is 801. The lowest BCUT2D eigenvalue weighted by Crippen LogP contribution is -2.60. The maximum absolute atomic E-state index is 11.7. The van der Waals surface area contributed by atoms with Crippen LogP contribution in [0.15, 0.2) is 0 Å². The number of amides is 1. The number of hydrogen-bond donors (Lipinski definition) is 6. The van der Waals surface area contributed by atoms with E-state index in [1.54, 1.807) is 0 Å². The van der Waals surface area contributed by atoms with Crippen molar-refractivity contribution < 1.29 is 39.8 Å². The lowest BCUT2D eigenvalue weighted by molar-refractivity contribution is -0.302. The van der Waals surface area contributed by atoms with Crippen molar-refractivity contribution in [2.75, 3.05) is 13.2 Å². The summed E-state index contributed by atoms with van der Waals surface area (Å²) in [4.78, 5) is 11.7. The van der Waals surface area contributed by atoms with Crippen LogP contribution in [0.5, 0.6) is 0 Å². The first kappa shape index (κ1) is 50.2. The molecule has 0 aromatic carbocycles. The number of ether oxygens (including phenoxy) is 2. The predicted octanol–water partition coefficient (Wildman–Crippen LogP) is 9.17. The average molecular weight is 758 g/mol. The summed E-state index contributed by atoms with van der Waals surface area (Å²) in [6.07, 6.45) is 35.1. The monoisotopic (exact) mass is 758 g/mol. The van der Waals surface area contributed by atoms with Crippen LogP contribution in [0.2, 0.25) is 0 Å². The molecule has 0 radical (unpaired) electrons. The normalized spacial score (nSPS) is 21.5. The van der Waals surface area contributed by atoms with Gasteiger partial charge in [0.25, 0.3) is 0 Å². The summed E-state index contributed by atoms with van der Waals surface area (Å²) in [5, 5.41) is 52.9. The molecule has 1 amide bonds. The van der Waals surface area contributed by atoms with Crippen LogP contribution in [0, 0.1) is 0 Å². The minimum absolute atomic E-state index is 0.150. The van der Waals surface area contributed by atoms with Crippen LogP contribution in [0.1, 0.15) is 219 Å². The third-order valence-electron chi connectivity index (χ3n) is 11.2. The summed E-state index contributed by atoms with van der Waals surface area (Å²) >= 11 is 0. The molecule has 1 aliphatic rings. The summed E-state index contributed by atoms with van der Waals surface area (Å²) in [5.74, 6) is -0.317. The van der Waals surface area contributed by atoms with Crippen molar-refractivity contribution in [1.29, 1.82) is 0 Å². The second-order valence-electron chi connectivity index (χ2n) is 16.3. The van der Waals surface area contributed by atoms with Crippen molar-refractivity contribution in [3.05, 3.63) is 0 Å². The van der Waals surface area contributed by atoms with Crippen LogP contribution in [-0.4, -0.2) is 87.5 Å². The molecule has 7 atom stereocenters. The number of hydrogen-bond acceptors (Lipinski definition) is 8. The minimum atomic E-state index is -1.54. The lowest BCUT2D eigenvalue weighted by Gasteiger charge is -2.40. The van der Waals surface area contributed by atoms with E-state index in [4.69, 9.17) is 9.47 Å². The van der Waals surface area contributed by atoms with Gasteiger partial charge in [0.05, 0.1) is 25.4 Å². The molecule has 9 nitrogen and oxygen atoms in total. The maximum atomic E-state index is 11.7. The van der Waals surface area contributed by atoms with Crippen molar-refractivity contribution in [1.82, 2.24) is 5.32 Å². The van der Waals surface area contributed by atoms with Gasteiger partial charge in [-0.3, -0.25) is 4.79 Å². The van der Waals surface area contributed by atoms with E-state index in [9.17, 15) is 30.3 Å². The molecule has 1 aliphatic heterocycles. The molecule has 0 spiro atoms. The standard InChI is InChI=1S/C44H87NO8/c1-3-4-5-6-7-8-9-10-11-12-13-14-15-16-17-18-19-20-21-22-23-24-25-26-27-28-29-30-31-32-33-34-39(48)38(45-37(2)47)36-52-44-43(51)42(50)41(49)40(35-46)53-44/h38-44,46,48-51H,3-36H2,1-2H3,(H,45,47). The third kappa shape index (κ3) is 27.4. The molecule has 53 heavy (non-hydrogen) atoms. The lowest BCUT2D eigenvalue weighted by atomic mass is 9.99. The van der Waals surface area contributed by atoms with Crippen LogP contribution < -0.4 is 5.32 Å². The van der Waals surface area contributed by atoms with Gasteiger partial charge in [0, 0.05) is 6.92 Å². The molecule has 0 bridgehead atoms. The first-order valence-electron chi connectivity index (χ1n) is 22.7. The van der Waals surface area contributed by atoms with Crippen molar-refractivity contribution in [3.8, 4) is 0 Å². The first-order chi connectivity index (χ1) is 25.8. The van der Waals surface area contributed by atoms with Crippen LogP contribution >= 0.6 is 0 Å². The van der Waals surface area contributed by atoms with E-state index in [0.717, 1.165) is 19.3 Å². The number of nitrogens with one attached hydrogen (secondary N) is 1. The zero-order valence-electron chi connectivity index (χ0n) is 34.5. The molecule has 1 rings (SSSR count). The fraction of sp³-hybridized carbons (Fsp3) is 0.977. The van der Waals surface area contributed by atoms with Crippen LogP contribution in [0.25, 0.3) is 0 Å². The van der Waals surface area contributed by atoms with E-state index in [1.165, 1.54) is 187 Å². The molecule has 1 saturated heterocycles. The van der Waals surface area contributed by atoms with Gasteiger partial charge >= 0.3 is 0 Å². The largest absolute Gasteiger partial charge is 0.394 e. The number of carbonyl (C=O) groups is 1. The highest BCUT2D eigenvalue weighted by Gasteiger charge is 2.44. The Morgan fingerprint density at radius 2 is 0.906 bits per heavy atom. The highest BCUT2D eigenvalue weighted by Crippen LogP contribution is 2.23. The zero-order chi connectivity index (χ0) is 38.8. The summed E-state index contributed by atoms with van der Waals surface area (Å²) in [6, 6.07) is -0.714. The Kier molecular flexibility index (Phi) is 33.7. The van der Waals surface area contributed by atoms with Gasteiger partial charge in [-0.1, -0.05) is 206 Å². The Hall–Kier alpha value is -0.810. The van der Waals surface area contributed by atoms with Gasteiger partial charge in [0.1, 0.15) is 24.4 Å². The fourth-order valence-electron chi connectivity index (χ4n) is 7.67. The van der Waals surface area contributed by atoms with Crippen LogP contribution in [0.3, 0.4) is 0 Å². The molecule has 316 valence electrons. The molecule has 0 aromatic heterocycles. The van der Waals surface area contributed by atoms with E-state index in [2.05, 4.69) is 12.2 Å². The van der Waals surface area contributed by atoms with Crippen molar-refractivity contribution >= 4 is 5.91 Å². The average Bonchev–Trinajstić information content (AvgIpc) is 3.15. The van der Waals surface area contributed by atoms with Gasteiger partial charge in [-0.15, -0.1) is 0 Å². The smallest absolute Gasteiger partial charge is 0.217 e. The van der Waals surface area contributed by atoms with Crippen LogP contribution in [-0.2, 0) is 14.3 Å². The number of unbranched alkanes of at least 4 members (excludes halogenated alkanes) is 30. The number of aliphatic hydroxyl groups excluding tert-OH is 5. The molecule has 0 aromatic rings. The second kappa shape index (κ2) is 35.6.